The Bertz CT molecular complexity index is 621. The Morgan fingerprint density at radius 3 is 2.52 bits per heavy atom. The topological polar surface area (TPSA) is 77.2 Å². The number of nitrogen functional groups attached to an aromatic ring is 1. The number of pyridine rings is 1. The Labute approximate surface area is 132 Å². The zero-order valence-corrected chi connectivity index (χ0v) is 14.4. The van der Waals surface area contributed by atoms with E-state index in [1.807, 2.05) is 45.8 Å². The third-order valence-corrected chi connectivity index (χ3v) is 4.32. The molecule has 8 heteroatoms. The average molecular weight is 325 g/mol. The molecule has 0 aliphatic carbocycles. The minimum absolute atomic E-state index is 0.342. The first-order valence-corrected chi connectivity index (χ1v) is 8.02. The van der Waals surface area contributed by atoms with Gasteiger partial charge in [0.15, 0.2) is 4.34 Å². The first-order valence-electron chi connectivity index (χ1n) is 6.39. The standard InChI is InChI=1S/C13H19N5OS2/c1-13(2,3)19-10-8(14)6-7-9(15-10)20-12-17-16-11(21-12)18(4)5/h6-7H,14H2,1-5H3. The van der Waals surface area contributed by atoms with E-state index >= 15 is 0 Å². The quantitative estimate of drug-likeness (QED) is 0.926. The number of nitrogens with zero attached hydrogens (tertiary/aromatic N) is 4. The van der Waals surface area contributed by atoms with Crippen LogP contribution in [0.4, 0.5) is 10.8 Å². The molecule has 0 aliphatic rings. The van der Waals surface area contributed by atoms with Gasteiger partial charge in [0.05, 0.1) is 5.69 Å². The van der Waals surface area contributed by atoms with Crippen LogP contribution in [0, 0.1) is 0 Å². The van der Waals surface area contributed by atoms with E-state index in [0.717, 1.165) is 14.5 Å². The number of hydrogen-bond acceptors (Lipinski definition) is 8. The maximum atomic E-state index is 5.91. The minimum Gasteiger partial charge on any atom is -0.470 e. The van der Waals surface area contributed by atoms with Gasteiger partial charge in [0, 0.05) is 14.1 Å². The Morgan fingerprint density at radius 1 is 1.24 bits per heavy atom. The summed E-state index contributed by atoms with van der Waals surface area (Å²) in [4.78, 5) is 6.37. The molecule has 0 aromatic carbocycles. The molecular formula is C13H19N5OS2. The van der Waals surface area contributed by atoms with Crippen LogP contribution in [-0.2, 0) is 0 Å². The summed E-state index contributed by atoms with van der Waals surface area (Å²) < 4.78 is 6.60. The van der Waals surface area contributed by atoms with E-state index in [1.165, 1.54) is 23.1 Å². The molecule has 0 bridgehead atoms. The van der Waals surface area contributed by atoms with Crippen molar-refractivity contribution < 1.29 is 4.74 Å². The van der Waals surface area contributed by atoms with Crippen molar-refractivity contribution in [2.45, 2.75) is 35.7 Å². The van der Waals surface area contributed by atoms with Gasteiger partial charge in [-0.05, 0) is 44.7 Å². The van der Waals surface area contributed by atoms with Gasteiger partial charge in [-0.25, -0.2) is 4.98 Å². The summed E-state index contributed by atoms with van der Waals surface area (Å²) in [5.74, 6) is 0.449. The van der Waals surface area contributed by atoms with E-state index in [0.29, 0.717) is 11.6 Å². The summed E-state index contributed by atoms with van der Waals surface area (Å²) in [6.45, 7) is 5.88. The highest BCUT2D eigenvalue weighted by molar-refractivity contribution is 8.01. The van der Waals surface area contributed by atoms with Crippen LogP contribution in [0.15, 0.2) is 21.5 Å². The molecule has 0 aliphatic heterocycles. The van der Waals surface area contributed by atoms with Gasteiger partial charge in [0.1, 0.15) is 10.6 Å². The molecule has 6 nitrogen and oxygen atoms in total. The summed E-state index contributed by atoms with van der Waals surface area (Å²) in [5, 5.41) is 9.88. The molecule has 2 N–H and O–H groups in total. The van der Waals surface area contributed by atoms with Gasteiger partial charge < -0.3 is 15.4 Å². The Hall–Kier alpha value is -1.54. The third-order valence-electron chi connectivity index (χ3n) is 2.24. The first-order chi connectivity index (χ1) is 9.74. The molecule has 21 heavy (non-hydrogen) atoms. The molecule has 0 radical (unpaired) electrons. The number of nitrogens with two attached hydrogens (primary N) is 1. The molecule has 0 atom stereocenters. The maximum Gasteiger partial charge on any atom is 0.238 e. The SMILES string of the molecule is CN(C)c1nnc(Sc2ccc(N)c(OC(C)(C)C)n2)s1. The number of anilines is 2. The number of rotatable bonds is 4. The van der Waals surface area contributed by atoms with E-state index in [2.05, 4.69) is 15.2 Å². The van der Waals surface area contributed by atoms with E-state index in [1.54, 1.807) is 6.07 Å². The lowest BCUT2D eigenvalue weighted by Gasteiger charge is -2.21. The predicted molar refractivity (Wildman–Crippen MR) is 87.4 cm³/mol. The van der Waals surface area contributed by atoms with Gasteiger partial charge in [0.2, 0.25) is 11.0 Å². The lowest BCUT2D eigenvalue weighted by Crippen LogP contribution is -2.24. The number of ether oxygens (including phenoxy) is 1. The maximum absolute atomic E-state index is 5.91. The summed E-state index contributed by atoms with van der Waals surface area (Å²) >= 11 is 2.96. The van der Waals surface area contributed by atoms with Gasteiger partial charge >= 0.3 is 0 Å². The molecule has 2 rings (SSSR count). The van der Waals surface area contributed by atoms with Crippen molar-refractivity contribution in [2.75, 3.05) is 24.7 Å². The minimum atomic E-state index is -0.342. The fourth-order valence-corrected chi connectivity index (χ4v) is 3.05. The van der Waals surface area contributed by atoms with Gasteiger partial charge in [-0.3, -0.25) is 0 Å². The van der Waals surface area contributed by atoms with E-state index in [-0.39, 0.29) is 5.60 Å². The zero-order chi connectivity index (χ0) is 15.6. The summed E-state index contributed by atoms with van der Waals surface area (Å²) in [7, 11) is 3.87. The molecule has 0 unspecified atom stereocenters. The molecule has 0 spiro atoms. The average Bonchev–Trinajstić information content (AvgIpc) is 2.80. The fourth-order valence-electron chi connectivity index (χ4n) is 1.38. The Kier molecular flexibility index (Phi) is 4.58. The molecule has 2 aromatic heterocycles. The zero-order valence-electron chi connectivity index (χ0n) is 12.7. The van der Waals surface area contributed by atoms with E-state index in [9.17, 15) is 0 Å². The first kappa shape index (κ1) is 15.8. The van der Waals surface area contributed by atoms with E-state index in [4.69, 9.17) is 10.5 Å². The van der Waals surface area contributed by atoms with Crippen molar-refractivity contribution in [3.8, 4) is 5.88 Å². The largest absolute Gasteiger partial charge is 0.470 e. The van der Waals surface area contributed by atoms with Crippen molar-refractivity contribution in [1.29, 1.82) is 0 Å². The normalized spacial score (nSPS) is 11.5. The van der Waals surface area contributed by atoms with Gasteiger partial charge in [-0.1, -0.05) is 11.3 Å². The van der Waals surface area contributed by atoms with Crippen LogP contribution < -0.4 is 15.4 Å². The van der Waals surface area contributed by atoms with Crippen LogP contribution >= 0.6 is 23.1 Å². The van der Waals surface area contributed by atoms with Crippen LogP contribution in [0.2, 0.25) is 0 Å². The molecule has 0 saturated carbocycles. The second kappa shape index (κ2) is 6.07. The highest BCUT2D eigenvalue weighted by Gasteiger charge is 2.16. The Balaban J connectivity index is 2.18. The molecule has 0 amide bonds. The van der Waals surface area contributed by atoms with Gasteiger partial charge in [-0.15, -0.1) is 10.2 Å². The summed E-state index contributed by atoms with van der Waals surface area (Å²) in [6.07, 6.45) is 0. The molecular weight excluding hydrogens is 306 g/mol. The number of aromatic nitrogens is 3. The van der Waals surface area contributed by atoms with Gasteiger partial charge in [-0.2, -0.15) is 0 Å². The molecule has 2 aromatic rings. The molecule has 0 saturated heterocycles. The van der Waals surface area contributed by atoms with Crippen LogP contribution in [0.1, 0.15) is 20.8 Å². The predicted octanol–water partition coefficient (Wildman–Crippen LogP) is 2.91. The third kappa shape index (κ3) is 4.47. The van der Waals surface area contributed by atoms with E-state index < -0.39 is 0 Å². The highest BCUT2D eigenvalue weighted by atomic mass is 32.2. The summed E-state index contributed by atoms with van der Waals surface area (Å²) in [6, 6.07) is 3.65. The van der Waals surface area contributed by atoms with Crippen molar-refractivity contribution >= 4 is 33.9 Å². The molecule has 114 valence electrons. The molecule has 0 fully saturated rings. The lowest BCUT2D eigenvalue weighted by molar-refractivity contribution is 0.124. The van der Waals surface area contributed by atoms with Crippen LogP contribution in [0.3, 0.4) is 0 Å². The lowest BCUT2D eigenvalue weighted by atomic mass is 10.2. The fraction of sp³-hybridized carbons (Fsp3) is 0.462. The summed E-state index contributed by atoms with van der Waals surface area (Å²) in [5.41, 5.74) is 6.09. The van der Waals surface area contributed by atoms with Crippen LogP contribution in [0.25, 0.3) is 0 Å². The van der Waals surface area contributed by atoms with Crippen molar-refractivity contribution in [2.24, 2.45) is 0 Å². The Morgan fingerprint density at radius 2 is 1.95 bits per heavy atom. The van der Waals surface area contributed by atoms with Crippen molar-refractivity contribution in [3.63, 3.8) is 0 Å². The van der Waals surface area contributed by atoms with Gasteiger partial charge in [0.25, 0.3) is 0 Å². The van der Waals surface area contributed by atoms with Crippen molar-refractivity contribution in [1.82, 2.24) is 15.2 Å². The second-order valence-electron chi connectivity index (χ2n) is 5.61. The molecule has 2 heterocycles. The smallest absolute Gasteiger partial charge is 0.238 e. The van der Waals surface area contributed by atoms with Crippen LogP contribution in [0.5, 0.6) is 5.88 Å². The second-order valence-corrected chi connectivity index (χ2v) is 7.83. The van der Waals surface area contributed by atoms with Crippen molar-refractivity contribution in [3.05, 3.63) is 12.1 Å². The monoisotopic (exact) mass is 325 g/mol. The highest BCUT2D eigenvalue weighted by Crippen LogP contribution is 2.34. The van der Waals surface area contributed by atoms with Crippen LogP contribution in [-0.4, -0.2) is 34.9 Å². The number of hydrogen-bond donors (Lipinski definition) is 1.